The van der Waals surface area contributed by atoms with Gasteiger partial charge in [0.2, 0.25) is 5.95 Å². The number of aromatic nitrogens is 2. The van der Waals surface area contributed by atoms with Crippen LogP contribution in [0.3, 0.4) is 0 Å². The molecule has 156 valence electrons. The lowest BCUT2D eigenvalue weighted by Crippen LogP contribution is -2.32. The summed E-state index contributed by atoms with van der Waals surface area (Å²) in [4.78, 5) is 23.4. The van der Waals surface area contributed by atoms with E-state index in [1.807, 2.05) is 25.1 Å². The number of para-hydroxylation sites is 2. The Morgan fingerprint density at radius 2 is 1.80 bits per heavy atom. The summed E-state index contributed by atoms with van der Waals surface area (Å²) >= 11 is 12.4. The monoisotopic (exact) mass is 445 g/mol. The zero-order chi connectivity index (χ0) is 21.5. The molecular formula is C21H21Cl2N5O2. The van der Waals surface area contributed by atoms with Gasteiger partial charge in [-0.1, -0.05) is 47.5 Å². The van der Waals surface area contributed by atoms with Crippen LogP contribution in [0.15, 0.2) is 60.8 Å². The van der Waals surface area contributed by atoms with Crippen LogP contribution in [0, 0.1) is 0 Å². The number of ether oxygens (including phenoxy) is 1. The van der Waals surface area contributed by atoms with E-state index >= 15 is 0 Å². The Bertz CT molecular complexity index is 983. The van der Waals surface area contributed by atoms with Gasteiger partial charge in [-0.15, -0.1) is 0 Å². The molecule has 0 aliphatic heterocycles. The van der Waals surface area contributed by atoms with Gasteiger partial charge in [0.25, 0.3) is 0 Å². The van der Waals surface area contributed by atoms with Crippen LogP contribution in [0.25, 0.3) is 0 Å². The highest BCUT2D eigenvalue weighted by atomic mass is 35.5. The molecule has 0 bridgehead atoms. The third-order valence-electron chi connectivity index (χ3n) is 4.07. The number of anilines is 4. The number of rotatable bonds is 7. The number of hydrogen-bond donors (Lipinski definition) is 2. The van der Waals surface area contributed by atoms with E-state index in [2.05, 4.69) is 20.6 Å². The van der Waals surface area contributed by atoms with Gasteiger partial charge in [-0.25, -0.2) is 14.7 Å². The molecule has 0 spiro atoms. The molecule has 2 N–H and O–H groups in total. The summed E-state index contributed by atoms with van der Waals surface area (Å²) in [5.41, 5.74) is 0.945. The van der Waals surface area contributed by atoms with E-state index in [0.717, 1.165) is 0 Å². The summed E-state index contributed by atoms with van der Waals surface area (Å²) in [6.07, 6.45) is 1.58. The van der Waals surface area contributed by atoms with Crippen LogP contribution < -0.4 is 15.5 Å². The predicted octanol–water partition coefficient (Wildman–Crippen LogP) is 5.60. The second-order valence-electron chi connectivity index (χ2n) is 6.44. The van der Waals surface area contributed by atoms with E-state index in [4.69, 9.17) is 27.9 Å². The topological polar surface area (TPSA) is 79.4 Å². The Morgan fingerprint density at radius 3 is 2.47 bits per heavy atom. The highest BCUT2D eigenvalue weighted by molar-refractivity contribution is 6.40. The van der Waals surface area contributed by atoms with Crippen molar-refractivity contribution >= 4 is 52.4 Å². The summed E-state index contributed by atoms with van der Waals surface area (Å²) in [6, 6.07) is 15.3. The number of carbonyl (C=O) groups is 1. The molecule has 1 heterocycles. The largest absolute Gasteiger partial charge is 0.383 e. The van der Waals surface area contributed by atoms with E-state index < -0.39 is 6.03 Å². The Labute approximate surface area is 185 Å². The van der Waals surface area contributed by atoms with Crippen molar-refractivity contribution in [1.29, 1.82) is 0 Å². The fourth-order valence-corrected chi connectivity index (χ4v) is 3.26. The standard InChI is InChI=1S/C21H21Cl2N5O2/c1-14(13-30-2)25-20-24-12-11-18(26-20)28(15-7-4-3-5-8-15)21(29)27-19-16(22)9-6-10-17(19)23/h3-12,14H,13H2,1-2H3,(H,27,29)(H,24,25,26)/t14-/m0/s1. The molecule has 0 aliphatic rings. The third-order valence-corrected chi connectivity index (χ3v) is 4.70. The maximum atomic E-state index is 13.3. The normalized spacial score (nSPS) is 11.6. The molecule has 3 rings (SSSR count). The van der Waals surface area contributed by atoms with Gasteiger partial charge < -0.3 is 15.4 Å². The first-order valence-corrected chi connectivity index (χ1v) is 9.94. The van der Waals surface area contributed by atoms with Crippen LogP contribution in [0.1, 0.15) is 6.92 Å². The molecular weight excluding hydrogens is 425 g/mol. The molecule has 9 heteroatoms. The van der Waals surface area contributed by atoms with Crippen LogP contribution in [0.4, 0.5) is 27.9 Å². The Hall–Kier alpha value is -2.87. The zero-order valence-electron chi connectivity index (χ0n) is 16.5. The van der Waals surface area contributed by atoms with Crippen molar-refractivity contribution in [2.24, 2.45) is 0 Å². The second-order valence-corrected chi connectivity index (χ2v) is 7.25. The second kappa shape index (κ2) is 10.2. The number of amides is 2. The van der Waals surface area contributed by atoms with Gasteiger partial charge in [0.15, 0.2) is 0 Å². The van der Waals surface area contributed by atoms with Crippen LogP contribution in [-0.2, 0) is 4.74 Å². The van der Waals surface area contributed by atoms with Crippen molar-refractivity contribution < 1.29 is 9.53 Å². The number of benzene rings is 2. The van der Waals surface area contributed by atoms with Gasteiger partial charge in [0.05, 0.1) is 28.0 Å². The quantitative estimate of drug-likeness (QED) is 0.494. The minimum Gasteiger partial charge on any atom is -0.383 e. The minimum atomic E-state index is -0.467. The smallest absolute Gasteiger partial charge is 0.332 e. The highest BCUT2D eigenvalue weighted by Crippen LogP contribution is 2.32. The van der Waals surface area contributed by atoms with Crippen molar-refractivity contribution in [3.63, 3.8) is 0 Å². The molecule has 0 fully saturated rings. The van der Waals surface area contributed by atoms with E-state index in [1.54, 1.807) is 49.7 Å². The fourth-order valence-electron chi connectivity index (χ4n) is 2.77. The maximum Gasteiger partial charge on any atom is 0.332 e. The molecule has 2 aromatic carbocycles. The lowest BCUT2D eigenvalue weighted by Gasteiger charge is -2.23. The van der Waals surface area contributed by atoms with Crippen molar-refractivity contribution in [1.82, 2.24) is 9.97 Å². The van der Waals surface area contributed by atoms with Crippen LogP contribution in [-0.4, -0.2) is 35.8 Å². The van der Waals surface area contributed by atoms with E-state index in [1.165, 1.54) is 4.90 Å². The fraction of sp³-hybridized carbons (Fsp3) is 0.190. The average Bonchev–Trinajstić information content (AvgIpc) is 2.72. The van der Waals surface area contributed by atoms with Gasteiger partial charge in [-0.2, -0.15) is 4.98 Å². The van der Waals surface area contributed by atoms with E-state index in [9.17, 15) is 4.79 Å². The van der Waals surface area contributed by atoms with E-state index in [-0.39, 0.29) is 6.04 Å². The molecule has 0 saturated carbocycles. The molecule has 7 nitrogen and oxygen atoms in total. The summed E-state index contributed by atoms with van der Waals surface area (Å²) in [6.45, 7) is 2.43. The maximum absolute atomic E-state index is 13.3. The van der Waals surface area contributed by atoms with Crippen LogP contribution in [0.5, 0.6) is 0 Å². The molecule has 1 aromatic heterocycles. The van der Waals surface area contributed by atoms with Crippen molar-refractivity contribution in [2.45, 2.75) is 13.0 Å². The molecule has 0 unspecified atom stereocenters. The van der Waals surface area contributed by atoms with Crippen LogP contribution >= 0.6 is 23.2 Å². The lowest BCUT2D eigenvalue weighted by atomic mass is 10.3. The van der Waals surface area contributed by atoms with Crippen molar-refractivity contribution in [2.75, 3.05) is 29.3 Å². The molecule has 3 aromatic rings. The number of urea groups is 1. The Balaban J connectivity index is 1.95. The van der Waals surface area contributed by atoms with Gasteiger partial charge in [0, 0.05) is 25.4 Å². The van der Waals surface area contributed by atoms with Crippen molar-refractivity contribution in [3.8, 4) is 0 Å². The number of carbonyl (C=O) groups excluding carboxylic acids is 1. The first-order chi connectivity index (χ1) is 14.5. The summed E-state index contributed by atoms with van der Waals surface area (Å²) in [5, 5.41) is 6.60. The number of halogens is 2. The van der Waals surface area contributed by atoms with Crippen molar-refractivity contribution in [3.05, 3.63) is 70.8 Å². The Morgan fingerprint density at radius 1 is 1.10 bits per heavy atom. The molecule has 0 radical (unpaired) electrons. The predicted molar refractivity (Wildman–Crippen MR) is 121 cm³/mol. The molecule has 0 saturated heterocycles. The first-order valence-electron chi connectivity index (χ1n) is 9.18. The third kappa shape index (κ3) is 5.38. The lowest BCUT2D eigenvalue weighted by molar-refractivity contribution is 0.190. The van der Waals surface area contributed by atoms with Gasteiger partial charge >= 0.3 is 6.03 Å². The first kappa shape index (κ1) is 21.8. The summed E-state index contributed by atoms with van der Waals surface area (Å²) in [5.74, 6) is 0.755. The van der Waals surface area contributed by atoms with E-state index in [0.29, 0.717) is 39.8 Å². The molecule has 30 heavy (non-hydrogen) atoms. The van der Waals surface area contributed by atoms with Crippen LogP contribution in [0.2, 0.25) is 10.0 Å². The number of methoxy groups -OCH3 is 1. The number of nitrogens with zero attached hydrogens (tertiary/aromatic N) is 3. The highest BCUT2D eigenvalue weighted by Gasteiger charge is 2.22. The summed E-state index contributed by atoms with van der Waals surface area (Å²) < 4.78 is 5.13. The molecule has 0 aliphatic carbocycles. The zero-order valence-corrected chi connectivity index (χ0v) is 18.0. The van der Waals surface area contributed by atoms with Gasteiger partial charge in [0.1, 0.15) is 5.82 Å². The number of nitrogens with one attached hydrogen (secondary N) is 2. The molecule has 2 amide bonds. The average molecular weight is 446 g/mol. The minimum absolute atomic E-state index is 0.00816. The Kier molecular flexibility index (Phi) is 7.46. The molecule has 1 atom stereocenters. The van der Waals surface area contributed by atoms with Gasteiger partial charge in [-0.05, 0) is 31.2 Å². The SMILES string of the molecule is COC[C@H](C)Nc1nccc(N(C(=O)Nc2c(Cl)cccc2Cl)c2ccccc2)n1. The number of hydrogen-bond acceptors (Lipinski definition) is 5. The summed E-state index contributed by atoms with van der Waals surface area (Å²) in [7, 11) is 1.62. The van der Waals surface area contributed by atoms with Gasteiger partial charge in [-0.3, -0.25) is 0 Å².